The van der Waals surface area contributed by atoms with Crippen molar-refractivity contribution < 1.29 is 9.53 Å². The molecule has 1 aliphatic heterocycles. The molecule has 0 radical (unpaired) electrons. The topological polar surface area (TPSA) is 60.2 Å². The lowest BCUT2D eigenvalue weighted by atomic mass is 10.3. The Bertz CT molecular complexity index is 380. The van der Waals surface area contributed by atoms with E-state index in [9.17, 15) is 4.79 Å². The van der Waals surface area contributed by atoms with Gasteiger partial charge < -0.3 is 9.64 Å². The Hall–Kier alpha value is -1.43. The summed E-state index contributed by atoms with van der Waals surface area (Å²) in [7, 11) is 0. The highest BCUT2D eigenvalue weighted by Crippen LogP contribution is 2.20. The van der Waals surface area contributed by atoms with Crippen molar-refractivity contribution in [2.45, 2.75) is 38.6 Å². The van der Waals surface area contributed by atoms with Gasteiger partial charge in [0.2, 0.25) is 5.91 Å². The standard InChI is InChI=1S/C13H22N4O2/c1-2-3-4-9-19-11-13(18)16-7-5-12(10-16)17-8-6-14-15-17/h6,8,12H,2-5,7,9-11H2,1H3. The lowest BCUT2D eigenvalue weighted by molar-refractivity contribution is -0.135. The van der Waals surface area contributed by atoms with Gasteiger partial charge >= 0.3 is 0 Å². The first-order valence-corrected chi connectivity index (χ1v) is 7.02. The Labute approximate surface area is 113 Å². The van der Waals surface area contributed by atoms with E-state index in [1.807, 2.05) is 15.8 Å². The second-order valence-electron chi connectivity index (χ2n) is 4.93. The summed E-state index contributed by atoms with van der Waals surface area (Å²) in [6.07, 6.45) is 7.81. The van der Waals surface area contributed by atoms with E-state index >= 15 is 0 Å². The number of carbonyl (C=O) groups is 1. The summed E-state index contributed by atoms with van der Waals surface area (Å²) in [6, 6.07) is 0.256. The monoisotopic (exact) mass is 266 g/mol. The molecule has 6 heteroatoms. The summed E-state index contributed by atoms with van der Waals surface area (Å²) in [4.78, 5) is 13.8. The van der Waals surface area contributed by atoms with Crippen LogP contribution in [0.25, 0.3) is 0 Å². The maximum Gasteiger partial charge on any atom is 0.248 e. The average Bonchev–Trinajstić information content (AvgIpc) is 3.08. The molecule has 6 nitrogen and oxygen atoms in total. The number of carbonyl (C=O) groups excluding carboxylic acids is 1. The molecule has 106 valence electrons. The third-order valence-corrected chi connectivity index (χ3v) is 3.45. The molecule has 1 saturated heterocycles. The number of nitrogens with zero attached hydrogens (tertiary/aromatic N) is 4. The van der Waals surface area contributed by atoms with Crippen LogP contribution in [0, 0.1) is 0 Å². The van der Waals surface area contributed by atoms with Gasteiger partial charge in [-0.3, -0.25) is 4.79 Å². The van der Waals surface area contributed by atoms with Crippen LogP contribution in [-0.2, 0) is 9.53 Å². The summed E-state index contributed by atoms with van der Waals surface area (Å²) in [5.74, 6) is 0.0825. The highest BCUT2D eigenvalue weighted by molar-refractivity contribution is 5.77. The molecule has 0 spiro atoms. The minimum absolute atomic E-state index is 0.0825. The van der Waals surface area contributed by atoms with Gasteiger partial charge in [0, 0.05) is 25.9 Å². The molecule has 1 fully saturated rings. The molecule has 0 saturated carbocycles. The van der Waals surface area contributed by atoms with Crippen molar-refractivity contribution >= 4 is 5.91 Å². The van der Waals surface area contributed by atoms with Crippen molar-refractivity contribution in [1.82, 2.24) is 19.9 Å². The number of unbranched alkanes of at least 4 members (excludes halogenated alkanes) is 2. The van der Waals surface area contributed by atoms with Gasteiger partial charge in [-0.15, -0.1) is 5.10 Å². The smallest absolute Gasteiger partial charge is 0.248 e. The van der Waals surface area contributed by atoms with Crippen LogP contribution in [0.5, 0.6) is 0 Å². The molecule has 19 heavy (non-hydrogen) atoms. The van der Waals surface area contributed by atoms with Crippen LogP contribution >= 0.6 is 0 Å². The number of amides is 1. The highest BCUT2D eigenvalue weighted by atomic mass is 16.5. The first-order valence-electron chi connectivity index (χ1n) is 7.02. The molecule has 0 bridgehead atoms. The summed E-state index contributed by atoms with van der Waals surface area (Å²) in [6.45, 7) is 4.52. The third kappa shape index (κ3) is 4.02. The number of hydrogen-bond donors (Lipinski definition) is 0. The van der Waals surface area contributed by atoms with Crippen LogP contribution in [0.2, 0.25) is 0 Å². The minimum Gasteiger partial charge on any atom is -0.372 e. The molecule has 2 rings (SSSR count). The molecule has 1 aromatic rings. The zero-order valence-corrected chi connectivity index (χ0v) is 11.5. The van der Waals surface area contributed by atoms with Crippen LogP contribution in [-0.4, -0.2) is 52.1 Å². The van der Waals surface area contributed by atoms with Crippen molar-refractivity contribution in [2.75, 3.05) is 26.3 Å². The zero-order valence-electron chi connectivity index (χ0n) is 11.5. The SMILES string of the molecule is CCCCCOCC(=O)N1CCC(n2ccnn2)C1. The lowest BCUT2D eigenvalue weighted by Gasteiger charge is -2.16. The molecule has 0 aliphatic carbocycles. The van der Waals surface area contributed by atoms with E-state index in [0.717, 1.165) is 25.8 Å². The van der Waals surface area contributed by atoms with Crippen LogP contribution in [0.3, 0.4) is 0 Å². The first-order chi connectivity index (χ1) is 9.31. The van der Waals surface area contributed by atoms with Crippen LogP contribution in [0.1, 0.15) is 38.6 Å². The first kappa shape index (κ1) is 14.0. The minimum atomic E-state index is 0.0825. The van der Waals surface area contributed by atoms with E-state index in [-0.39, 0.29) is 18.6 Å². The normalized spacial score (nSPS) is 19.0. The van der Waals surface area contributed by atoms with E-state index in [2.05, 4.69) is 17.2 Å². The largest absolute Gasteiger partial charge is 0.372 e. The van der Waals surface area contributed by atoms with E-state index < -0.39 is 0 Å². The van der Waals surface area contributed by atoms with Crippen molar-refractivity contribution in [3.63, 3.8) is 0 Å². The summed E-state index contributed by atoms with van der Waals surface area (Å²) < 4.78 is 7.24. The molecular weight excluding hydrogens is 244 g/mol. The average molecular weight is 266 g/mol. The Kier molecular flexibility index (Phi) is 5.32. The molecule has 1 unspecified atom stereocenters. The Morgan fingerprint density at radius 1 is 1.47 bits per heavy atom. The summed E-state index contributed by atoms with van der Waals surface area (Å²) >= 11 is 0. The van der Waals surface area contributed by atoms with Gasteiger partial charge in [0.15, 0.2) is 0 Å². The van der Waals surface area contributed by atoms with Crippen LogP contribution in [0.15, 0.2) is 12.4 Å². The Balaban J connectivity index is 1.67. The molecular formula is C13H22N4O2. The van der Waals surface area contributed by atoms with Crippen molar-refractivity contribution in [3.8, 4) is 0 Å². The number of aromatic nitrogens is 3. The van der Waals surface area contributed by atoms with E-state index in [4.69, 9.17) is 4.74 Å². The quantitative estimate of drug-likeness (QED) is 0.697. The lowest BCUT2D eigenvalue weighted by Crippen LogP contribution is -2.32. The van der Waals surface area contributed by atoms with Gasteiger partial charge in [0.1, 0.15) is 6.61 Å². The van der Waals surface area contributed by atoms with Crippen molar-refractivity contribution in [1.29, 1.82) is 0 Å². The fraction of sp³-hybridized carbons (Fsp3) is 0.769. The Morgan fingerprint density at radius 2 is 2.37 bits per heavy atom. The number of rotatable bonds is 7. The van der Waals surface area contributed by atoms with E-state index in [1.165, 1.54) is 6.42 Å². The fourth-order valence-electron chi connectivity index (χ4n) is 2.30. The second-order valence-corrected chi connectivity index (χ2v) is 4.93. The van der Waals surface area contributed by atoms with Gasteiger partial charge in [0.25, 0.3) is 0 Å². The van der Waals surface area contributed by atoms with Crippen LogP contribution < -0.4 is 0 Å². The predicted molar refractivity (Wildman–Crippen MR) is 70.6 cm³/mol. The predicted octanol–water partition coefficient (Wildman–Crippen LogP) is 1.26. The fourth-order valence-corrected chi connectivity index (χ4v) is 2.30. The van der Waals surface area contributed by atoms with Gasteiger partial charge in [-0.25, -0.2) is 4.68 Å². The summed E-state index contributed by atoms with van der Waals surface area (Å²) in [5.41, 5.74) is 0. The second kappa shape index (κ2) is 7.23. The molecule has 1 aromatic heterocycles. The molecule has 0 N–H and O–H groups in total. The molecule has 0 aromatic carbocycles. The Morgan fingerprint density at radius 3 is 3.11 bits per heavy atom. The van der Waals surface area contributed by atoms with Gasteiger partial charge in [-0.2, -0.15) is 0 Å². The number of ether oxygens (including phenoxy) is 1. The molecule has 2 heterocycles. The zero-order chi connectivity index (χ0) is 13.5. The third-order valence-electron chi connectivity index (χ3n) is 3.45. The van der Waals surface area contributed by atoms with Crippen molar-refractivity contribution in [3.05, 3.63) is 12.4 Å². The summed E-state index contributed by atoms with van der Waals surface area (Å²) in [5, 5.41) is 7.78. The van der Waals surface area contributed by atoms with E-state index in [0.29, 0.717) is 13.2 Å². The molecule has 1 amide bonds. The maximum absolute atomic E-state index is 11.9. The molecule has 1 atom stereocenters. The highest BCUT2D eigenvalue weighted by Gasteiger charge is 2.27. The van der Waals surface area contributed by atoms with E-state index in [1.54, 1.807) is 6.20 Å². The molecule has 1 aliphatic rings. The van der Waals surface area contributed by atoms with Gasteiger partial charge in [-0.1, -0.05) is 25.0 Å². The number of hydrogen-bond acceptors (Lipinski definition) is 4. The van der Waals surface area contributed by atoms with Crippen LogP contribution in [0.4, 0.5) is 0 Å². The number of likely N-dealkylation sites (tertiary alicyclic amines) is 1. The van der Waals surface area contributed by atoms with Gasteiger partial charge in [0.05, 0.1) is 12.2 Å². The maximum atomic E-state index is 11.9. The van der Waals surface area contributed by atoms with Crippen molar-refractivity contribution in [2.24, 2.45) is 0 Å². The van der Waals surface area contributed by atoms with Gasteiger partial charge in [-0.05, 0) is 12.8 Å².